The molecule has 0 spiro atoms. The molecule has 4 aromatic rings. The van der Waals surface area contributed by atoms with Crippen molar-refractivity contribution in [2.75, 3.05) is 6.54 Å². The molecule has 7 heteroatoms. The Balaban J connectivity index is 1.29. The van der Waals surface area contributed by atoms with Crippen molar-refractivity contribution < 1.29 is 9.18 Å². The molecule has 30 heavy (non-hydrogen) atoms. The van der Waals surface area contributed by atoms with Crippen LogP contribution in [0.2, 0.25) is 0 Å². The van der Waals surface area contributed by atoms with E-state index in [4.69, 9.17) is 0 Å². The van der Waals surface area contributed by atoms with Crippen LogP contribution in [0.3, 0.4) is 0 Å². The Morgan fingerprint density at radius 1 is 1.17 bits per heavy atom. The zero-order valence-corrected chi connectivity index (χ0v) is 16.4. The Morgan fingerprint density at radius 3 is 2.87 bits per heavy atom. The van der Waals surface area contributed by atoms with Crippen molar-refractivity contribution in [2.24, 2.45) is 0 Å². The summed E-state index contributed by atoms with van der Waals surface area (Å²) in [6.07, 6.45) is 4.94. The van der Waals surface area contributed by atoms with Gasteiger partial charge in [0.1, 0.15) is 11.6 Å². The fraction of sp³-hybridized carbons (Fsp3) is 0.261. The van der Waals surface area contributed by atoms with Crippen LogP contribution in [0.5, 0.6) is 0 Å². The maximum absolute atomic E-state index is 13.2. The van der Waals surface area contributed by atoms with Gasteiger partial charge in [0.05, 0.1) is 6.04 Å². The van der Waals surface area contributed by atoms with Gasteiger partial charge in [-0.15, -0.1) is 0 Å². The number of benzene rings is 2. The third kappa shape index (κ3) is 3.47. The lowest BCUT2D eigenvalue weighted by Gasteiger charge is -2.22. The van der Waals surface area contributed by atoms with Crippen molar-refractivity contribution in [1.82, 2.24) is 25.1 Å². The number of nitrogens with one attached hydrogen (secondary N) is 2. The summed E-state index contributed by atoms with van der Waals surface area (Å²) >= 11 is 0. The molecule has 0 bridgehead atoms. The first-order valence-corrected chi connectivity index (χ1v) is 10.2. The Morgan fingerprint density at radius 2 is 2.00 bits per heavy atom. The molecule has 152 valence electrons. The van der Waals surface area contributed by atoms with E-state index in [1.165, 1.54) is 17.5 Å². The minimum Gasteiger partial charge on any atom is -0.361 e. The van der Waals surface area contributed by atoms with Gasteiger partial charge in [-0.2, -0.15) is 5.10 Å². The van der Waals surface area contributed by atoms with Crippen LogP contribution in [-0.4, -0.2) is 37.5 Å². The summed E-state index contributed by atoms with van der Waals surface area (Å²) in [5.41, 5.74) is 3.00. The highest BCUT2D eigenvalue weighted by atomic mass is 19.1. The summed E-state index contributed by atoms with van der Waals surface area (Å²) in [6.45, 7) is 0.726. The predicted molar refractivity (Wildman–Crippen MR) is 112 cm³/mol. The average molecular weight is 403 g/mol. The second-order valence-electron chi connectivity index (χ2n) is 7.66. The van der Waals surface area contributed by atoms with Gasteiger partial charge in [0.2, 0.25) is 5.91 Å². The molecule has 1 amide bonds. The fourth-order valence-electron chi connectivity index (χ4n) is 4.22. The van der Waals surface area contributed by atoms with Crippen LogP contribution in [0.15, 0.2) is 54.7 Å². The van der Waals surface area contributed by atoms with Crippen molar-refractivity contribution in [2.45, 2.75) is 31.7 Å². The largest absolute Gasteiger partial charge is 0.361 e. The van der Waals surface area contributed by atoms with Crippen LogP contribution in [0.1, 0.15) is 36.7 Å². The number of aromatic nitrogens is 4. The van der Waals surface area contributed by atoms with E-state index in [1.807, 2.05) is 29.3 Å². The SMILES string of the molecule is O=C(CCc1c[nH]c2ccccc12)N1CCC[C@H]1c1nc(-c2ccc(F)cc2)n[nH]1. The lowest BCUT2D eigenvalue weighted by Crippen LogP contribution is -2.31. The van der Waals surface area contributed by atoms with E-state index in [2.05, 4.69) is 26.2 Å². The van der Waals surface area contributed by atoms with E-state index < -0.39 is 0 Å². The number of amides is 1. The van der Waals surface area contributed by atoms with Gasteiger partial charge in [-0.1, -0.05) is 18.2 Å². The summed E-state index contributed by atoms with van der Waals surface area (Å²) in [5.74, 6) is 1.04. The van der Waals surface area contributed by atoms with Gasteiger partial charge in [0.15, 0.2) is 5.82 Å². The number of nitrogens with zero attached hydrogens (tertiary/aromatic N) is 3. The maximum atomic E-state index is 13.2. The van der Waals surface area contributed by atoms with E-state index in [1.54, 1.807) is 12.1 Å². The van der Waals surface area contributed by atoms with Gasteiger partial charge < -0.3 is 9.88 Å². The van der Waals surface area contributed by atoms with E-state index >= 15 is 0 Å². The Bertz CT molecular complexity index is 1180. The van der Waals surface area contributed by atoms with Crippen molar-refractivity contribution in [3.63, 3.8) is 0 Å². The summed E-state index contributed by atoms with van der Waals surface area (Å²) < 4.78 is 13.2. The first-order valence-electron chi connectivity index (χ1n) is 10.2. The number of likely N-dealkylation sites (tertiary alicyclic amines) is 1. The van der Waals surface area contributed by atoms with E-state index in [0.29, 0.717) is 24.5 Å². The minimum atomic E-state index is -0.294. The monoisotopic (exact) mass is 403 g/mol. The molecule has 2 aromatic heterocycles. The maximum Gasteiger partial charge on any atom is 0.223 e. The average Bonchev–Trinajstić information content (AvgIpc) is 3.51. The molecule has 1 aliphatic rings. The number of halogens is 1. The summed E-state index contributed by atoms with van der Waals surface area (Å²) in [5, 5.41) is 8.43. The van der Waals surface area contributed by atoms with Gasteiger partial charge in [-0.3, -0.25) is 9.89 Å². The molecule has 1 atom stereocenters. The highest BCUT2D eigenvalue weighted by Gasteiger charge is 2.32. The Labute approximate surface area is 173 Å². The van der Waals surface area contributed by atoms with Gasteiger partial charge >= 0.3 is 0 Å². The number of carbonyl (C=O) groups excluding carboxylic acids is 1. The third-order valence-corrected chi connectivity index (χ3v) is 5.78. The van der Waals surface area contributed by atoms with Crippen LogP contribution in [0, 0.1) is 5.82 Å². The second kappa shape index (κ2) is 7.74. The summed E-state index contributed by atoms with van der Waals surface area (Å²) in [7, 11) is 0. The van der Waals surface area contributed by atoms with E-state index in [-0.39, 0.29) is 17.8 Å². The molecule has 0 unspecified atom stereocenters. The lowest BCUT2D eigenvalue weighted by atomic mass is 10.1. The van der Waals surface area contributed by atoms with Gasteiger partial charge in [-0.05, 0) is 55.2 Å². The second-order valence-corrected chi connectivity index (χ2v) is 7.66. The molecule has 1 fully saturated rings. The van der Waals surface area contributed by atoms with Gasteiger partial charge in [-0.25, -0.2) is 9.37 Å². The summed E-state index contributed by atoms with van der Waals surface area (Å²) in [6, 6.07) is 14.1. The molecule has 1 aliphatic heterocycles. The number of carbonyl (C=O) groups is 1. The topological polar surface area (TPSA) is 77.7 Å². The van der Waals surface area contributed by atoms with Crippen molar-refractivity contribution in [3.05, 3.63) is 71.9 Å². The van der Waals surface area contributed by atoms with Gasteiger partial charge in [0.25, 0.3) is 0 Å². The van der Waals surface area contributed by atoms with Crippen molar-refractivity contribution in [3.8, 4) is 11.4 Å². The highest BCUT2D eigenvalue weighted by Crippen LogP contribution is 2.32. The molecule has 2 N–H and O–H groups in total. The number of hydrogen-bond acceptors (Lipinski definition) is 3. The fourth-order valence-corrected chi connectivity index (χ4v) is 4.22. The third-order valence-electron chi connectivity index (χ3n) is 5.78. The number of para-hydroxylation sites is 1. The normalized spacial score (nSPS) is 16.4. The first-order chi connectivity index (χ1) is 14.7. The zero-order chi connectivity index (χ0) is 20.5. The Hall–Kier alpha value is -3.48. The zero-order valence-electron chi connectivity index (χ0n) is 16.4. The van der Waals surface area contributed by atoms with Crippen molar-refractivity contribution >= 4 is 16.8 Å². The molecule has 0 saturated carbocycles. The molecule has 2 aromatic carbocycles. The van der Waals surface area contributed by atoms with Crippen LogP contribution in [0.4, 0.5) is 4.39 Å². The van der Waals surface area contributed by atoms with E-state index in [9.17, 15) is 9.18 Å². The number of rotatable bonds is 5. The van der Waals surface area contributed by atoms with Gasteiger partial charge in [0, 0.05) is 35.6 Å². The highest BCUT2D eigenvalue weighted by molar-refractivity contribution is 5.84. The number of hydrogen-bond donors (Lipinski definition) is 2. The standard InChI is InChI=1S/C23H22FN5O/c24-17-10-7-15(8-11-17)22-26-23(28-27-22)20-6-3-13-29(20)21(30)12-9-16-14-25-19-5-2-1-4-18(16)19/h1-2,4-5,7-8,10-11,14,20,25H,3,6,9,12-13H2,(H,26,27,28)/t20-/m0/s1. The van der Waals surface area contributed by atoms with Crippen LogP contribution < -0.4 is 0 Å². The van der Waals surface area contributed by atoms with E-state index in [0.717, 1.165) is 36.0 Å². The number of aromatic amines is 2. The number of H-pyrrole nitrogens is 2. The lowest BCUT2D eigenvalue weighted by molar-refractivity contribution is -0.132. The molecule has 5 rings (SSSR count). The Kier molecular flexibility index (Phi) is 4.78. The van der Waals surface area contributed by atoms with Crippen LogP contribution in [0.25, 0.3) is 22.3 Å². The molecule has 6 nitrogen and oxygen atoms in total. The van der Waals surface area contributed by atoms with Crippen LogP contribution >= 0.6 is 0 Å². The molecule has 0 radical (unpaired) electrons. The number of fused-ring (bicyclic) bond motifs is 1. The molecule has 0 aliphatic carbocycles. The molecule has 1 saturated heterocycles. The quantitative estimate of drug-likeness (QED) is 0.519. The molecule has 3 heterocycles. The van der Waals surface area contributed by atoms with Crippen molar-refractivity contribution in [1.29, 1.82) is 0 Å². The number of aryl methyl sites for hydroxylation is 1. The van der Waals surface area contributed by atoms with Crippen LogP contribution in [-0.2, 0) is 11.2 Å². The molecular weight excluding hydrogens is 381 g/mol. The smallest absolute Gasteiger partial charge is 0.223 e. The first kappa shape index (κ1) is 18.5. The minimum absolute atomic E-state index is 0.0952. The predicted octanol–water partition coefficient (Wildman–Crippen LogP) is 4.39. The summed E-state index contributed by atoms with van der Waals surface area (Å²) in [4.78, 5) is 22.7. The molecular formula is C23H22FN5O.